The fourth-order valence-electron chi connectivity index (χ4n) is 1.92. The van der Waals surface area contributed by atoms with Gasteiger partial charge in [0.1, 0.15) is 5.82 Å². The number of hydrogen-bond donors (Lipinski definition) is 2. The molecule has 1 heterocycles. The zero-order chi connectivity index (χ0) is 12.2. The molecule has 0 aliphatic rings. The van der Waals surface area contributed by atoms with Crippen molar-refractivity contribution in [2.75, 3.05) is 13.2 Å². The molecule has 0 fully saturated rings. The van der Waals surface area contributed by atoms with Crippen molar-refractivity contribution in [3.8, 4) is 0 Å². The Balaban J connectivity index is 2.81. The molecular formula is C12H23N3O. The Morgan fingerprint density at radius 2 is 2.25 bits per heavy atom. The van der Waals surface area contributed by atoms with Crippen LogP contribution in [0.5, 0.6) is 0 Å². The fourth-order valence-corrected chi connectivity index (χ4v) is 1.92. The number of aliphatic hydroxyl groups excluding tert-OH is 1. The largest absolute Gasteiger partial charge is 0.394 e. The quantitative estimate of drug-likeness (QED) is 0.768. The van der Waals surface area contributed by atoms with Gasteiger partial charge >= 0.3 is 0 Å². The van der Waals surface area contributed by atoms with Crippen LogP contribution in [0, 0.1) is 0 Å². The highest BCUT2D eigenvalue weighted by atomic mass is 16.3. The van der Waals surface area contributed by atoms with Crippen LogP contribution < -0.4 is 5.32 Å². The summed E-state index contributed by atoms with van der Waals surface area (Å²) in [6.45, 7) is 10.0. The molecule has 0 bridgehead atoms. The maximum absolute atomic E-state index is 9.45. The number of aromatic nitrogens is 2. The van der Waals surface area contributed by atoms with Gasteiger partial charge in [0.05, 0.1) is 12.1 Å². The molecule has 1 rings (SSSR count). The third kappa shape index (κ3) is 3.06. The van der Waals surface area contributed by atoms with Crippen LogP contribution >= 0.6 is 0 Å². The Bertz CT molecular complexity index is 322. The van der Waals surface area contributed by atoms with Crippen LogP contribution in [0.1, 0.15) is 39.4 Å². The van der Waals surface area contributed by atoms with Crippen LogP contribution in [0.25, 0.3) is 0 Å². The highest BCUT2D eigenvalue weighted by Crippen LogP contribution is 2.15. The van der Waals surface area contributed by atoms with E-state index in [1.807, 2.05) is 26.2 Å². The minimum atomic E-state index is -0.279. The Hall–Kier alpha value is -0.870. The molecule has 0 aliphatic heterocycles. The monoisotopic (exact) mass is 225 g/mol. The molecule has 0 aromatic carbocycles. The molecule has 4 nitrogen and oxygen atoms in total. The van der Waals surface area contributed by atoms with Crippen LogP contribution in [0.2, 0.25) is 0 Å². The van der Waals surface area contributed by atoms with Gasteiger partial charge in [0.2, 0.25) is 0 Å². The van der Waals surface area contributed by atoms with Gasteiger partial charge in [-0.05, 0) is 13.5 Å². The summed E-state index contributed by atoms with van der Waals surface area (Å²) in [7, 11) is 0. The second-order valence-electron chi connectivity index (χ2n) is 4.82. The first-order chi connectivity index (χ1) is 7.52. The van der Waals surface area contributed by atoms with Gasteiger partial charge in [-0.1, -0.05) is 20.8 Å². The van der Waals surface area contributed by atoms with E-state index >= 15 is 0 Å². The molecule has 1 aromatic rings. The third-order valence-corrected chi connectivity index (χ3v) is 2.74. The lowest BCUT2D eigenvalue weighted by Crippen LogP contribution is -2.49. The number of nitrogens with one attached hydrogen (secondary N) is 1. The van der Waals surface area contributed by atoms with E-state index in [0.29, 0.717) is 5.92 Å². The van der Waals surface area contributed by atoms with Gasteiger partial charge in [-0.15, -0.1) is 0 Å². The Kier molecular flexibility index (Phi) is 4.50. The van der Waals surface area contributed by atoms with Gasteiger partial charge in [0.15, 0.2) is 0 Å². The lowest BCUT2D eigenvalue weighted by molar-refractivity contribution is 0.158. The first kappa shape index (κ1) is 13.2. The Morgan fingerprint density at radius 1 is 1.56 bits per heavy atom. The van der Waals surface area contributed by atoms with Crippen LogP contribution in [0.15, 0.2) is 12.4 Å². The summed E-state index contributed by atoms with van der Waals surface area (Å²) in [5.74, 6) is 1.47. The highest BCUT2D eigenvalue weighted by Gasteiger charge is 2.23. The smallest absolute Gasteiger partial charge is 0.111 e. The Morgan fingerprint density at radius 3 is 2.75 bits per heavy atom. The summed E-state index contributed by atoms with van der Waals surface area (Å²) in [4.78, 5) is 4.35. The van der Waals surface area contributed by atoms with Gasteiger partial charge in [0.25, 0.3) is 0 Å². The summed E-state index contributed by atoms with van der Waals surface area (Å²) < 4.78 is 2.11. The van der Waals surface area contributed by atoms with Crippen molar-refractivity contribution < 1.29 is 5.11 Å². The minimum absolute atomic E-state index is 0.122. The number of imidazole rings is 1. The van der Waals surface area contributed by atoms with Crippen molar-refractivity contribution >= 4 is 0 Å². The summed E-state index contributed by atoms with van der Waals surface area (Å²) >= 11 is 0. The van der Waals surface area contributed by atoms with Crippen LogP contribution in [-0.2, 0) is 6.54 Å². The first-order valence-corrected chi connectivity index (χ1v) is 5.89. The summed E-state index contributed by atoms with van der Waals surface area (Å²) in [6.07, 6.45) is 3.79. The molecule has 0 amide bonds. The second-order valence-corrected chi connectivity index (χ2v) is 4.82. The van der Waals surface area contributed by atoms with Crippen molar-refractivity contribution in [2.45, 2.75) is 45.7 Å². The normalized spacial score (nSPS) is 15.4. The molecule has 0 spiro atoms. The number of nitrogens with zero attached hydrogens (tertiary/aromatic N) is 2. The van der Waals surface area contributed by atoms with Crippen LogP contribution in [0.3, 0.4) is 0 Å². The third-order valence-electron chi connectivity index (χ3n) is 2.74. The standard InChI is InChI=1S/C12H23N3O/c1-5-14-12(4,9-16)8-15-7-6-13-11(15)10(2)3/h6-7,10,14,16H,5,8-9H2,1-4H3. The molecule has 0 aliphatic carbocycles. The van der Waals surface area contributed by atoms with E-state index < -0.39 is 0 Å². The maximum Gasteiger partial charge on any atom is 0.111 e. The molecule has 4 heteroatoms. The fraction of sp³-hybridized carbons (Fsp3) is 0.750. The van der Waals surface area contributed by atoms with E-state index in [1.54, 1.807) is 0 Å². The average molecular weight is 225 g/mol. The number of aliphatic hydroxyl groups is 1. The van der Waals surface area contributed by atoms with Gasteiger partial charge in [-0.25, -0.2) is 4.98 Å². The van der Waals surface area contributed by atoms with Crippen molar-refractivity contribution in [3.63, 3.8) is 0 Å². The summed E-state index contributed by atoms with van der Waals surface area (Å²) in [5.41, 5.74) is -0.279. The van der Waals surface area contributed by atoms with Crippen molar-refractivity contribution in [2.24, 2.45) is 0 Å². The molecule has 0 saturated carbocycles. The second kappa shape index (κ2) is 5.46. The maximum atomic E-state index is 9.45. The van der Waals surface area contributed by atoms with E-state index in [1.165, 1.54) is 0 Å². The first-order valence-electron chi connectivity index (χ1n) is 5.89. The summed E-state index contributed by atoms with van der Waals surface area (Å²) in [6, 6.07) is 0. The van der Waals surface area contributed by atoms with Gasteiger partial charge in [0, 0.05) is 24.9 Å². The van der Waals surface area contributed by atoms with Crippen molar-refractivity contribution in [1.29, 1.82) is 0 Å². The van der Waals surface area contributed by atoms with Crippen molar-refractivity contribution in [3.05, 3.63) is 18.2 Å². The topological polar surface area (TPSA) is 50.1 Å². The molecule has 92 valence electrons. The molecule has 1 aromatic heterocycles. The lowest BCUT2D eigenvalue weighted by atomic mass is 10.0. The van der Waals surface area contributed by atoms with E-state index in [4.69, 9.17) is 0 Å². The molecule has 2 N–H and O–H groups in total. The predicted molar refractivity (Wildman–Crippen MR) is 65.5 cm³/mol. The molecule has 1 unspecified atom stereocenters. The zero-order valence-corrected chi connectivity index (χ0v) is 10.7. The van der Waals surface area contributed by atoms with Crippen molar-refractivity contribution in [1.82, 2.24) is 14.9 Å². The van der Waals surface area contributed by atoms with Gasteiger partial charge in [-0.3, -0.25) is 0 Å². The average Bonchev–Trinajstić information content (AvgIpc) is 2.66. The minimum Gasteiger partial charge on any atom is -0.394 e. The molecule has 16 heavy (non-hydrogen) atoms. The molecular weight excluding hydrogens is 202 g/mol. The number of hydrogen-bond acceptors (Lipinski definition) is 3. The SMILES string of the molecule is CCNC(C)(CO)Cn1ccnc1C(C)C. The number of likely N-dealkylation sites (N-methyl/N-ethyl adjacent to an activating group) is 1. The Labute approximate surface area is 97.7 Å². The van der Waals surface area contributed by atoms with E-state index in [0.717, 1.165) is 18.9 Å². The van der Waals surface area contributed by atoms with E-state index in [9.17, 15) is 5.11 Å². The summed E-state index contributed by atoms with van der Waals surface area (Å²) in [5, 5.41) is 12.8. The zero-order valence-electron chi connectivity index (χ0n) is 10.7. The molecule has 0 saturated heterocycles. The predicted octanol–water partition coefficient (Wildman–Crippen LogP) is 1.37. The lowest BCUT2D eigenvalue weighted by Gasteiger charge is -2.29. The van der Waals surface area contributed by atoms with Crippen LogP contribution in [0.4, 0.5) is 0 Å². The highest BCUT2D eigenvalue weighted by molar-refractivity contribution is 5.00. The van der Waals surface area contributed by atoms with E-state index in [2.05, 4.69) is 28.7 Å². The van der Waals surface area contributed by atoms with E-state index in [-0.39, 0.29) is 12.1 Å². The van der Waals surface area contributed by atoms with Crippen LogP contribution in [-0.4, -0.2) is 33.3 Å². The van der Waals surface area contributed by atoms with Gasteiger partial charge < -0.3 is 15.0 Å². The number of rotatable bonds is 6. The molecule has 0 radical (unpaired) electrons. The molecule has 1 atom stereocenters. The van der Waals surface area contributed by atoms with Gasteiger partial charge in [-0.2, -0.15) is 0 Å².